The molecule has 0 unspecified atom stereocenters. The van der Waals surface area contributed by atoms with Gasteiger partial charge >= 0.3 is 0 Å². The summed E-state index contributed by atoms with van der Waals surface area (Å²) in [4.78, 5) is 11.0. The third kappa shape index (κ3) is 2.91. The average Bonchev–Trinajstić information content (AvgIpc) is 3.32. The van der Waals surface area contributed by atoms with Gasteiger partial charge in [-0.2, -0.15) is 0 Å². The van der Waals surface area contributed by atoms with Crippen LogP contribution in [-0.4, -0.2) is 23.1 Å². The van der Waals surface area contributed by atoms with Crippen molar-refractivity contribution in [3.8, 4) is 5.88 Å². The van der Waals surface area contributed by atoms with Crippen molar-refractivity contribution in [1.29, 1.82) is 0 Å². The molecule has 0 amide bonds. The summed E-state index contributed by atoms with van der Waals surface area (Å²) < 4.78 is 5.31. The molecule has 1 heterocycles. The molecule has 1 saturated carbocycles. The lowest BCUT2D eigenvalue weighted by Gasteiger charge is -2.25. The van der Waals surface area contributed by atoms with Gasteiger partial charge in [-0.25, -0.2) is 9.97 Å². The zero-order chi connectivity index (χ0) is 14.8. The van der Waals surface area contributed by atoms with Gasteiger partial charge in [0.1, 0.15) is 12.1 Å². The van der Waals surface area contributed by atoms with Crippen molar-refractivity contribution in [3.63, 3.8) is 0 Å². The molecule has 0 aliphatic heterocycles. The molecule has 5 heteroatoms. The van der Waals surface area contributed by atoms with Gasteiger partial charge in [-0.3, -0.25) is 0 Å². The van der Waals surface area contributed by atoms with E-state index < -0.39 is 0 Å². The molecule has 0 saturated heterocycles. The minimum absolute atomic E-state index is 0.556. The summed E-state index contributed by atoms with van der Waals surface area (Å²) in [6.45, 7) is 2.83. The Labute approximate surface area is 124 Å². The van der Waals surface area contributed by atoms with E-state index in [-0.39, 0.29) is 0 Å². The highest BCUT2D eigenvalue weighted by atomic mass is 16.5. The Hall–Kier alpha value is -2.30. The predicted molar refractivity (Wildman–Crippen MR) is 83.4 cm³/mol. The summed E-state index contributed by atoms with van der Waals surface area (Å²) >= 11 is 0. The lowest BCUT2D eigenvalue weighted by molar-refractivity contribution is 0.393. The smallest absolute Gasteiger partial charge is 0.221 e. The Morgan fingerprint density at radius 2 is 1.95 bits per heavy atom. The van der Waals surface area contributed by atoms with E-state index >= 15 is 0 Å². The number of methoxy groups -OCH3 is 1. The first-order valence-electron chi connectivity index (χ1n) is 7.15. The number of anilines is 2. The van der Waals surface area contributed by atoms with Crippen LogP contribution in [0.2, 0.25) is 0 Å². The first-order valence-corrected chi connectivity index (χ1v) is 7.15. The van der Waals surface area contributed by atoms with Crippen LogP contribution in [-0.2, 0) is 6.54 Å². The molecule has 1 fully saturated rings. The predicted octanol–water partition coefficient (Wildman–Crippen LogP) is 2.54. The van der Waals surface area contributed by atoms with E-state index in [0.29, 0.717) is 11.9 Å². The van der Waals surface area contributed by atoms with Crippen LogP contribution in [0.5, 0.6) is 5.88 Å². The van der Waals surface area contributed by atoms with Gasteiger partial charge in [-0.05, 0) is 37.5 Å². The van der Waals surface area contributed by atoms with E-state index in [9.17, 15) is 0 Å². The lowest BCUT2D eigenvalue weighted by atomic mass is 10.2. The number of rotatable bonds is 5. The number of hydrogen-bond acceptors (Lipinski definition) is 5. The van der Waals surface area contributed by atoms with Gasteiger partial charge in [-0.1, -0.05) is 12.1 Å². The minimum atomic E-state index is 0.556. The van der Waals surface area contributed by atoms with E-state index in [1.54, 1.807) is 13.4 Å². The van der Waals surface area contributed by atoms with Crippen molar-refractivity contribution in [2.45, 2.75) is 32.4 Å². The quantitative estimate of drug-likeness (QED) is 0.855. The summed E-state index contributed by atoms with van der Waals surface area (Å²) in [5, 5.41) is 0. The Bertz CT molecular complexity index is 623. The Morgan fingerprint density at radius 3 is 2.57 bits per heavy atom. The number of benzene rings is 1. The number of aromatic nitrogens is 2. The molecular formula is C16H20N4O. The van der Waals surface area contributed by atoms with Crippen LogP contribution in [0.1, 0.15) is 24.0 Å². The van der Waals surface area contributed by atoms with Gasteiger partial charge in [0, 0.05) is 18.3 Å². The highest BCUT2D eigenvalue weighted by Crippen LogP contribution is 2.35. The SMILES string of the molecule is COc1ncnc(N(Cc2ccc(N)cc2)C2CC2)c1C. The van der Waals surface area contributed by atoms with Crippen molar-refractivity contribution < 1.29 is 4.74 Å². The fourth-order valence-corrected chi connectivity index (χ4v) is 2.50. The standard InChI is InChI=1S/C16H20N4O/c1-11-15(18-10-19-16(11)21-2)20(14-7-8-14)9-12-3-5-13(17)6-4-12/h3-6,10,14H,7-9,17H2,1-2H3. The van der Waals surface area contributed by atoms with E-state index in [1.807, 2.05) is 19.1 Å². The highest BCUT2D eigenvalue weighted by Gasteiger charge is 2.31. The van der Waals surface area contributed by atoms with Gasteiger partial charge in [0.2, 0.25) is 5.88 Å². The molecule has 0 spiro atoms. The molecule has 0 atom stereocenters. The number of ether oxygens (including phenoxy) is 1. The number of nitrogens with zero attached hydrogens (tertiary/aromatic N) is 3. The van der Waals surface area contributed by atoms with Crippen LogP contribution < -0.4 is 15.4 Å². The molecule has 1 aliphatic rings. The summed E-state index contributed by atoms with van der Waals surface area (Å²) in [6.07, 6.45) is 3.99. The highest BCUT2D eigenvalue weighted by molar-refractivity contribution is 5.52. The summed E-state index contributed by atoms with van der Waals surface area (Å²) in [5.74, 6) is 1.60. The topological polar surface area (TPSA) is 64.3 Å². The average molecular weight is 284 g/mol. The second-order valence-electron chi connectivity index (χ2n) is 5.43. The van der Waals surface area contributed by atoms with Gasteiger partial charge in [0.25, 0.3) is 0 Å². The number of nitrogens with two attached hydrogens (primary N) is 1. The van der Waals surface area contributed by atoms with Crippen LogP contribution in [0.25, 0.3) is 0 Å². The molecule has 0 radical (unpaired) electrons. The first-order chi connectivity index (χ1) is 10.2. The van der Waals surface area contributed by atoms with Crippen molar-refractivity contribution >= 4 is 11.5 Å². The van der Waals surface area contributed by atoms with Gasteiger partial charge < -0.3 is 15.4 Å². The normalized spacial score (nSPS) is 14.0. The Kier molecular flexibility index (Phi) is 3.64. The maximum Gasteiger partial charge on any atom is 0.221 e. The van der Waals surface area contributed by atoms with E-state index in [1.165, 1.54) is 18.4 Å². The fourth-order valence-electron chi connectivity index (χ4n) is 2.50. The molecule has 0 bridgehead atoms. The Morgan fingerprint density at radius 1 is 1.24 bits per heavy atom. The van der Waals surface area contributed by atoms with E-state index in [4.69, 9.17) is 10.5 Å². The summed E-state index contributed by atoms with van der Waals surface area (Å²) in [6, 6.07) is 8.57. The zero-order valence-electron chi connectivity index (χ0n) is 12.4. The Balaban J connectivity index is 1.90. The van der Waals surface area contributed by atoms with Crippen molar-refractivity contribution in [1.82, 2.24) is 9.97 Å². The molecule has 1 aliphatic carbocycles. The van der Waals surface area contributed by atoms with Gasteiger partial charge in [-0.15, -0.1) is 0 Å². The second-order valence-corrected chi connectivity index (χ2v) is 5.43. The van der Waals surface area contributed by atoms with Crippen LogP contribution >= 0.6 is 0 Å². The first kappa shape index (κ1) is 13.7. The molecule has 1 aromatic heterocycles. The fraction of sp³-hybridized carbons (Fsp3) is 0.375. The maximum absolute atomic E-state index is 5.75. The molecule has 1 aromatic carbocycles. The monoisotopic (exact) mass is 284 g/mol. The molecule has 21 heavy (non-hydrogen) atoms. The summed E-state index contributed by atoms with van der Waals surface area (Å²) in [5.41, 5.74) is 8.76. The second kappa shape index (κ2) is 5.60. The number of hydrogen-bond donors (Lipinski definition) is 1. The van der Waals surface area contributed by atoms with Gasteiger partial charge in [0.15, 0.2) is 0 Å². The van der Waals surface area contributed by atoms with Crippen LogP contribution in [0.3, 0.4) is 0 Å². The zero-order valence-corrected chi connectivity index (χ0v) is 12.4. The van der Waals surface area contributed by atoms with E-state index in [2.05, 4.69) is 27.0 Å². The van der Waals surface area contributed by atoms with Crippen molar-refractivity contribution in [2.75, 3.05) is 17.7 Å². The molecule has 3 rings (SSSR count). The van der Waals surface area contributed by atoms with E-state index in [0.717, 1.165) is 23.6 Å². The van der Waals surface area contributed by atoms with Crippen molar-refractivity contribution in [3.05, 3.63) is 41.7 Å². The molecular weight excluding hydrogens is 264 g/mol. The van der Waals surface area contributed by atoms with Gasteiger partial charge in [0.05, 0.1) is 12.7 Å². The van der Waals surface area contributed by atoms with Crippen molar-refractivity contribution in [2.24, 2.45) is 0 Å². The molecule has 2 N–H and O–H groups in total. The summed E-state index contributed by atoms with van der Waals surface area (Å²) in [7, 11) is 1.64. The van der Waals surface area contributed by atoms with Crippen LogP contribution in [0.15, 0.2) is 30.6 Å². The largest absolute Gasteiger partial charge is 0.481 e. The third-order valence-electron chi connectivity index (χ3n) is 3.80. The third-order valence-corrected chi connectivity index (χ3v) is 3.80. The minimum Gasteiger partial charge on any atom is -0.481 e. The lowest BCUT2D eigenvalue weighted by Crippen LogP contribution is -2.27. The number of nitrogen functional groups attached to an aromatic ring is 1. The van der Waals surface area contributed by atoms with Crippen LogP contribution in [0, 0.1) is 6.92 Å². The molecule has 110 valence electrons. The maximum atomic E-state index is 5.75. The molecule has 5 nitrogen and oxygen atoms in total. The van der Waals surface area contributed by atoms with Crippen LogP contribution in [0.4, 0.5) is 11.5 Å². The molecule has 2 aromatic rings.